The second-order valence-electron chi connectivity index (χ2n) is 12.7. The minimum absolute atomic E-state index is 0.141. The summed E-state index contributed by atoms with van der Waals surface area (Å²) in [4.78, 5) is 45.7. The van der Waals surface area contributed by atoms with E-state index in [4.69, 9.17) is 24.8 Å². The Hall–Kier alpha value is -2.56. The second kappa shape index (κ2) is 34.5. The molecule has 0 aliphatic rings. The molecule has 0 spiro atoms. The smallest absolute Gasteiger partial charge is 0.472 e. The summed E-state index contributed by atoms with van der Waals surface area (Å²) in [6, 6.07) is -1.53. The number of carbonyl (C=O) groups excluding carboxylic acids is 2. The Morgan fingerprint density at radius 2 is 1.04 bits per heavy atom. The first-order chi connectivity index (χ1) is 24.6. The van der Waals surface area contributed by atoms with Crippen LogP contribution in [0.2, 0.25) is 0 Å². The second-order valence-corrected chi connectivity index (χ2v) is 14.2. The van der Waals surface area contributed by atoms with E-state index in [0.717, 1.165) is 70.6 Å². The number of carbonyl (C=O) groups is 3. The maximum Gasteiger partial charge on any atom is 0.472 e. The Bertz CT molecular complexity index is 1060. The van der Waals surface area contributed by atoms with Crippen molar-refractivity contribution in [2.45, 2.75) is 161 Å². The molecule has 0 heterocycles. The van der Waals surface area contributed by atoms with E-state index in [0.29, 0.717) is 12.8 Å². The molecular weight excluding hydrogens is 673 g/mol. The van der Waals surface area contributed by atoms with Crippen LogP contribution in [0.3, 0.4) is 0 Å². The van der Waals surface area contributed by atoms with E-state index in [1.165, 1.54) is 38.5 Å². The minimum atomic E-state index is -4.72. The standard InChI is InChI=1S/C39H68NO10P/c1-3-5-7-9-11-13-15-17-18-19-21-22-24-26-28-30-37(41)47-32-35(33-48-51(45,46)49-34-36(40)39(43)44)50-38(42)31-29-27-25-23-20-16-14-12-10-8-6-4-2/h11-14,17-18,21-22,35-36H,3-10,15-16,19-20,23-34,40H2,1-2H3,(H,43,44)(H,45,46)/b13-11+,14-12+,18-17+,22-21+/t35-,36+/m1/s1. The van der Waals surface area contributed by atoms with Gasteiger partial charge in [0.2, 0.25) is 0 Å². The van der Waals surface area contributed by atoms with Gasteiger partial charge in [0.15, 0.2) is 6.10 Å². The molecule has 0 saturated carbocycles. The lowest BCUT2D eigenvalue weighted by Crippen LogP contribution is -2.34. The Balaban J connectivity index is 4.53. The van der Waals surface area contributed by atoms with Gasteiger partial charge in [-0.3, -0.25) is 23.4 Å². The van der Waals surface area contributed by atoms with Gasteiger partial charge in [-0.1, -0.05) is 107 Å². The summed E-state index contributed by atoms with van der Waals surface area (Å²) >= 11 is 0. The molecule has 0 aromatic heterocycles. The van der Waals surface area contributed by atoms with Crippen LogP contribution in [0.15, 0.2) is 48.6 Å². The molecular formula is C39H68NO10P. The fraction of sp³-hybridized carbons (Fsp3) is 0.718. The van der Waals surface area contributed by atoms with Gasteiger partial charge < -0.3 is 25.2 Å². The van der Waals surface area contributed by atoms with Crippen LogP contribution in [-0.4, -0.2) is 59.9 Å². The van der Waals surface area contributed by atoms with Gasteiger partial charge in [-0.25, -0.2) is 4.57 Å². The Kier molecular flexibility index (Phi) is 32.8. The van der Waals surface area contributed by atoms with Gasteiger partial charge in [-0.15, -0.1) is 0 Å². The number of hydrogen-bond acceptors (Lipinski definition) is 9. The van der Waals surface area contributed by atoms with Gasteiger partial charge in [0.25, 0.3) is 0 Å². The van der Waals surface area contributed by atoms with Crippen molar-refractivity contribution in [3.8, 4) is 0 Å². The summed E-state index contributed by atoms with van der Waals surface area (Å²) in [5, 5.41) is 8.85. The highest BCUT2D eigenvalue weighted by molar-refractivity contribution is 7.47. The zero-order chi connectivity index (χ0) is 37.8. The minimum Gasteiger partial charge on any atom is -0.480 e. The van der Waals surface area contributed by atoms with Crippen molar-refractivity contribution in [1.29, 1.82) is 0 Å². The average Bonchev–Trinajstić information content (AvgIpc) is 3.10. The number of carboxylic acid groups (broad SMARTS) is 1. The summed E-state index contributed by atoms with van der Waals surface area (Å²) in [6.07, 6.45) is 36.1. The van der Waals surface area contributed by atoms with Crippen molar-refractivity contribution < 1.29 is 47.5 Å². The molecule has 0 aliphatic carbocycles. The Morgan fingerprint density at radius 1 is 0.608 bits per heavy atom. The Labute approximate surface area is 307 Å². The van der Waals surface area contributed by atoms with Crippen LogP contribution in [0.5, 0.6) is 0 Å². The zero-order valence-electron chi connectivity index (χ0n) is 31.4. The number of hydrogen-bond donors (Lipinski definition) is 3. The van der Waals surface area contributed by atoms with Crippen LogP contribution in [0.25, 0.3) is 0 Å². The van der Waals surface area contributed by atoms with Gasteiger partial charge in [-0.2, -0.15) is 0 Å². The van der Waals surface area contributed by atoms with Crippen molar-refractivity contribution >= 4 is 25.7 Å². The number of nitrogens with two attached hydrogens (primary N) is 1. The van der Waals surface area contributed by atoms with Crippen LogP contribution in [0.1, 0.15) is 149 Å². The first-order valence-corrected chi connectivity index (χ1v) is 20.7. The van der Waals surface area contributed by atoms with E-state index in [2.05, 4.69) is 67.0 Å². The number of unbranched alkanes of at least 4 members (excludes halogenated alkanes) is 13. The summed E-state index contributed by atoms with van der Waals surface area (Å²) < 4.78 is 32.5. The van der Waals surface area contributed by atoms with E-state index >= 15 is 0 Å². The first-order valence-electron chi connectivity index (χ1n) is 19.2. The molecule has 0 rings (SSSR count). The molecule has 0 saturated heterocycles. The molecule has 51 heavy (non-hydrogen) atoms. The van der Waals surface area contributed by atoms with Crippen molar-refractivity contribution in [3.05, 3.63) is 48.6 Å². The lowest BCUT2D eigenvalue weighted by molar-refractivity contribution is -0.161. The summed E-state index contributed by atoms with van der Waals surface area (Å²) in [5.74, 6) is -2.45. The molecule has 12 heteroatoms. The van der Waals surface area contributed by atoms with Crippen LogP contribution in [0, 0.1) is 0 Å². The van der Waals surface area contributed by atoms with E-state index < -0.39 is 51.1 Å². The Morgan fingerprint density at radius 3 is 1.61 bits per heavy atom. The molecule has 0 bridgehead atoms. The third kappa shape index (κ3) is 34.3. The van der Waals surface area contributed by atoms with E-state index in [9.17, 15) is 23.8 Å². The van der Waals surface area contributed by atoms with E-state index in [1.54, 1.807) is 0 Å². The van der Waals surface area contributed by atoms with Crippen molar-refractivity contribution in [2.75, 3.05) is 19.8 Å². The van der Waals surface area contributed by atoms with Crippen molar-refractivity contribution in [3.63, 3.8) is 0 Å². The number of ether oxygens (including phenoxy) is 2. The summed E-state index contributed by atoms with van der Waals surface area (Å²) in [5.41, 5.74) is 5.31. The number of allylic oxidation sites excluding steroid dienone is 8. The van der Waals surface area contributed by atoms with Gasteiger partial charge in [0.1, 0.15) is 12.6 Å². The van der Waals surface area contributed by atoms with Crippen LogP contribution in [-0.2, 0) is 37.5 Å². The number of aliphatic carboxylic acids is 1. The predicted octanol–water partition coefficient (Wildman–Crippen LogP) is 9.44. The highest BCUT2D eigenvalue weighted by Gasteiger charge is 2.28. The van der Waals surface area contributed by atoms with Gasteiger partial charge in [0.05, 0.1) is 13.2 Å². The molecule has 0 aromatic rings. The van der Waals surface area contributed by atoms with Crippen molar-refractivity contribution in [1.82, 2.24) is 0 Å². The third-order valence-electron chi connectivity index (χ3n) is 7.80. The quantitative estimate of drug-likeness (QED) is 0.0244. The average molecular weight is 742 g/mol. The monoisotopic (exact) mass is 741 g/mol. The van der Waals surface area contributed by atoms with Gasteiger partial charge in [0, 0.05) is 12.8 Å². The van der Waals surface area contributed by atoms with Crippen LogP contribution < -0.4 is 5.73 Å². The molecule has 0 amide bonds. The number of carboxylic acids is 1. The van der Waals surface area contributed by atoms with Gasteiger partial charge in [-0.05, 0) is 77.0 Å². The third-order valence-corrected chi connectivity index (χ3v) is 8.75. The number of rotatable bonds is 35. The molecule has 1 unspecified atom stereocenters. The maximum atomic E-state index is 12.5. The van der Waals surface area contributed by atoms with Crippen molar-refractivity contribution in [2.24, 2.45) is 5.73 Å². The topological polar surface area (TPSA) is 172 Å². The highest BCUT2D eigenvalue weighted by atomic mass is 31.2. The lowest BCUT2D eigenvalue weighted by atomic mass is 10.1. The summed E-state index contributed by atoms with van der Waals surface area (Å²) in [7, 11) is -4.72. The summed E-state index contributed by atoms with van der Waals surface area (Å²) in [6.45, 7) is 2.67. The molecule has 11 nitrogen and oxygen atoms in total. The van der Waals surface area contributed by atoms with Gasteiger partial charge >= 0.3 is 25.7 Å². The van der Waals surface area contributed by atoms with E-state index in [-0.39, 0.29) is 19.4 Å². The molecule has 0 aliphatic heterocycles. The normalized spacial score (nSPS) is 14.4. The highest BCUT2D eigenvalue weighted by Crippen LogP contribution is 2.43. The number of phosphoric acid groups is 1. The lowest BCUT2D eigenvalue weighted by Gasteiger charge is -2.20. The molecule has 4 N–H and O–H groups in total. The first kappa shape index (κ1) is 48.4. The zero-order valence-corrected chi connectivity index (χ0v) is 32.3. The molecule has 294 valence electrons. The number of phosphoric ester groups is 1. The maximum absolute atomic E-state index is 12.5. The van der Waals surface area contributed by atoms with Crippen LogP contribution >= 0.6 is 7.82 Å². The predicted molar refractivity (Wildman–Crippen MR) is 203 cm³/mol. The fourth-order valence-electron chi connectivity index (χ4n) is 4.71. The SMILES string of the molecule is CCCCC/C=C/C/C=C/C/C=C/CCCCC(=O)OC[C@H](COP(=O)(O)OC[C@H](N)C(=O)O)OC(=O)CCCCCCC/C=C/CCCCC. The van der Waals surface area contributed by atoms with Crippen LogP contribution in [0.4, 0.5) is 0 Å². The fourth-order valence-corrected chi connectivity index (χ4v) is 5.49. The molecule has 0 fully saturated rings. The molecule has 0 aromatic carbocycles. The molecule has 0 radical (unpaired) electrons. The molecule has 3 atom stereocenters. The van der Waals surface area contributed by atoms with E-state index in [1.807, 2.05) is 0 Å². The number of esters is 2. The largest absolute Gasteiger partial charge is 0.480 e.